The lowest BCUT2D eigenvalue weighted by molar-refractivity contribution is 0.102. The van der Waals surface area contributed by atoms with E-state index < -0.39 is 0 Å². The molecule has 1 amide bonds. The van der Waals surface area contributed by atoms with E-state index in [0.29, 0.717) is 27.7 Å². The first-order chi connectivity index (χ1) is 9.51. The molecule has 3 N–H and O–H groups in total. The Hall–Kier alpha value is -1.72. The Morgan fingerprint density at radius 3 is 2.75 bits per heavy atom. The zero-order chi connectivity index (χ0) is 14.7. The summed E-state index contributed by atoms with van der Waals surface area (Å²) in [7, 11) is 1.51. The van der Waals surface area contributed by atoms with Gasteiger partial charge >= 0.3 is 0 Å². The van der Waals surface area contributed by atoms with Crippen LogP contribution in [0.3, 0.4) is 0 Å². The minimum absolute atomic E-state index is 0.316. The summed E-state index contributed by atoms with van der Waals surface area (Å²) in [6, 6.07) is 10.0. The van der Waals surface area contributed by atoms with Gasteiger partial charge in [-0.2, -0.15) is 0 Å². The van der Waals surface area contributed by atoms with Gasteiger partial charge in [-0.15, -0.1) is 0 Å². The van der Waals surface area contributed by atoms with Crippen molar-refractivity contribution in [3.05, 3.63) is 51.5 Å². The minimum atomic E-state index is -0.316. The molecule has 20 heavy (non-hydrogen) atoms. The van der Waals surface area contributed by atoms with E-state index in [1.807, 2.05) is 0 Å². The average molecular weight is 356 g/mol. The van der Waals surface area contributed by atoms with Crippen molar-refractivity contribution in [2.24, 2.45) is 0 Å². The molecule has 4 nitrogen and oxygen atoms in total. The van der Waals surface area contributed by atoms with Crippen molar-refractivity contribution in [1.82, 2.24) is 0 Å². The van der Waals surface area contributed by atoms with Gasteiger partial charge in [-0.05, 0) is 36.4 Å². The lowest BCUT2D eigenvalue weighted by atomic mass is 10.1. The van der Waals surface area contributed by atoms with Crippen LogP contribution in [0.5, 0.6) is 5.75 Å². The Morgan fingerprint density at radius 2 is 2.05 bits per heavy atom. The third-order valence-corrected chi connectivity index (χ3v) is 3.40. The van der Waals surface area contributed by atoms with Gasteiger partial charge in [0.1, 0.15) is 5.75 Å². The molecule has 0 bridgehead atoms. The van der Waals surface area contributed by atoms with Gasteiger partial charge < -0.3 is 15.8 Å². The first-order valence-electron chi connectivity index (χ1n) is 5.71. The largest absolute Gasteiger partial charge is 0.496 e. The van der Waals surface area contributed by atoms with Gasteiger partial charge in [0, 0.05) is 9.50 Å². The van der Waals surface area contributed by atoms with Crippen LogP contribution < -0.4 is 15.8 Å². The Balaban J connectivity index is 2.30. The molecule has 0 radical (unpaired) electrons. The first kappa shape index (κ1) is 14.7. The zero-order valence-corrected chi connectivity index (χ0v) is 13.0. The van der Waals surface area contributed by atoms with Crippen LogP contribution in [0.25, 0.3) is 0 Å². The number of hydrogen-bond donors (Lipinski definition) is 2. The van der Waals surface area contributed by atoms with Gasteiger partial charge in [-0.3, -0.25) is 4.79 Å². The number of amides is 1. The molecule has 0 spiro atoms. The Morgan fingerprint density at radius 1 is 1.30 bits per heavy atom. The second kappa shape index (κ2) is 6.15. The molecule has 2 aromatic rings. The Kier molecular flexibility index (Phi) is 4.52. The quantitative estimate of drug-likeness (QED) is 0.820. The third-order valence-electron chi connectivity index (χ3n) is 2.67. The molecular formula is C14H12BrClN2O2. The normalized spacial score (nSPS) is 10.2. The molecule has 0 fully saturated rings. The number of nitrogens with one attached hydrogen (secondary N) is 1. The van der Waals surface area contributed by atoms with Gasteiger partial charge in [-0.25, -0.2) is 0 Å². The topological polar surface area (TPSA) is 64.3 Å². The molecule has 2 aromatic carbocycles. The van der Waals surface area contributed by atoms with Gasteiger partial charge in [-0.1, -0.05) is 27.5 Å². The number of halogens is 2. The maximum absolute atomic E-state index is 12.3. The second-order valence-corrected chi connectivity index (χ2v) is 5.38. The van der Waals surface area contributed by atoms with Crippen LogP contribution in [0.15, 0.2) is 40.9 Å². The molecule has 0 aromatic heterocycles. The summed E-state index contributed by atoms with van der Waals surface area (Å²) in [5.74, 6) is 0.154. The molecule has 0 heterocycles. The first-order valence-corrected chi connectivity index (χ1v) is 6.88. The van der Waals surface area contributed by atoms with E-state index in [2.05, 4.69) is 21.2 Å². The predicted octanol–water partition coefficient (Wildman–Crippen LogP) is 3.95. The van der Waals surface area contributed by atoms with E-state index in [1.165, 1.54) is 7.11 Å². The standard InChI is InChI=1S/C14H12BrClN2O2/c1-20-13-6-8(15)2-4-10(13)14(19)18-12-7-9(16)3-5-11(12)17/h2-7H,17H2,1H3,(H,18,19). The molecule has 0 saturated heterocycles. The van der Waals surface area contributed by atoms with Gasteiger partial charge in [0.25, 0.3) is 5.91 Å². The molecule has 0 aliphatic heterocycles. The van der Waals surface area contributed by atoms with Crippen LogP contribution in [-0.2, 0) is 0 Å². The number of carbonyl (C=O) groups is 1. The molecule has 104 valence electrons. The monoisotopic (exact) mass is 354 g/mol. The maximum Gasteiger partial charge on any atom is 0.259 e. The van der Waals surface area contributed by atoms with E-state index in [-0.39, 0.29) is 5.91 Å². The van der Waals surface area contributed by atoms with Gasteiger partial charge in [0.05, 0.1) is 24.0 Å². The number of rotatable bonds is 3. The van der Waals surface area contributed by atoms with Crippen LogP contribution in [-0.4, -0.2) is 13.0 Å². The van der Waals surface area contributed by atoms with E-state index in [9.17, 15) is 4.79 Å². The number of carbonyl (C=O) groups excluding carboxylic acids is 1. The fourth-order valence-electron chi connectivity index (χ4n) is 1.68. The van der Waals surface area contributed by atoms with Crippen molar-refractivity contribution in [1.29, 1.82) is 0 Å². The fourth-order valence-corrected chi connectivity index (χ4v) is 2.19. The average Bonchev–Trinajstić information content (AvgIpc) is 2.42. The molecule has 0 atom stereocenters. The van der Waals surface area contributed by atoms with E-state index in [0.717, 1.165) is 4.47 Å². The Labute approximate surface area is 130 Å². The predicted molar refractivity (Wildman–Crippen MR) is 84.5 cm³/mol. The number of anilines is 2. The van der Waals surface area contributed by atoms with E-state index >= 15 is 0 Å². The van der Waals surface area contributed by atoms with Crippen molar-refractivity contribution < 1.29 is 9.53 Å². The molecule has 0 unspecified atom stereocenters. The second-order valence-electron chi connectivity index (χ2n) is 4.03. The van der Waals surface area contributed by atoms with Gasteiger partial charge in [0.2, 0.25) is 0 Å². The number of nitrogen functional groups attached to an aromatic ring is 1. The molecule has 6 heteroatoms. The van der Waals surface area contributed by atoms with E-state index in [4.69, 9.17) is 22.1 Å². The highest BCUT2D eigenvalue weighted by Crippen LogP contribution is 2.27. The highest BCUT2D eigenvalue weighted by atomic mass is 79.9. The summed E-state index contributed by atoms with van der Waals surface area (Å²) in [5.41, 5.74) is 7.12. The molecule has 0 aliphatic carbocycles. The molecule has 2 rings (SSSR count). The highest BCUT2D eigenvalue weighted by molar-refractivity contribution is 9.10. The molecular weight excluding hydrogens is 344 g/mol. The zero-order valence-electron chi connectivity index (χ0n) is 10.6. The SMILES string of the molecule is COc1cc(Br)ccc1C(=O)Nc1cc(Cl)ccc1N. The van der Waals surface area contributed by atoms with Crippen LogP contribution in [0.2, 0.25) is 5.02 Å². The minimum Gasteiger partial charge on any atom is -0.496 e. The summed E-state index contributed by atoms with van der Waals surface area (Å²) in [6.07, 6.45) is 0. The number of nitrogens with two attached hydrogens (primary N) is 1. The van der Waals surface area contributed by atoms with Crippen molar-refractivity contribution >= 4 is 44.8 Å². The summed E-state index contributed by atoms with van der Waals surface area (Å²) in [6.45, 7) is 0. The van der Waals surface area contributed by atoms with Crippen LogP contribution in [0.4, 0.5) is 11.4 Å². The summed E-state index contributed by atoms with van der Waals surface area (Å²) in [5, 5.41) is 3.22. The van der Waals surface area contributed by atoms with Gasteiger partial charge in [0.15, 0.2) is 0 Å². The van der Waals surface area contributed by atoms with Crippen molar-refractivity contribution in [2.45, 2.75) is 0 Å². The van der Waals surface area contributed by atoms with Crippen LogP contribution >= 0.6 is 27.5 Å². The maximum atomic E-state index is 12.3. The lowest BCUT2D eigenvalue weighted by Gasteiger charge is -2.11. The third kappa shape index (κ3) is 3.23. The lowest BCUT2D eigenvalue weighted by Crippen LogP contribution is -2.14. The molecule has 0 saturated carbocycles. The van der Waals surface area contributed by atoms with Crippen molar-refractivity contribution in [2.75, 3.05) is 18.2 Å². The fraction of sp³-hybridized carbons (Fsp3) is 0.0714. The summed E-state index contributed by atoms with van der Waals surface area (Å²) >= 11 is 9.21. The Bertz CT molecular complexity index is 662. The van der Waals surface area contributed by atoms with Crippen LogP contribution in [0.1, 0.15) is 10.4 Å². The smallest absolute Gasteiger partial charge is 0.259 e. The summed E-state index contributed by atoms with van der Waals surface area (Å²) in [4.78, 5) is 12.3. The molecule has 0 aliphatic rings. The number of ether oxygens (including phenoxy) is 1. The van der Waals surface area contributed by atoms with E-state index in [1.54, 1.807) is 36.4 Å². The number of benzene rings is 2. The van der Waals surface area contributed by atoms with Crippen LogP contribution in [0, 0.1) is 0 Å². The highest BCUT2D eigenvalue weighted by Gasteiger charge is 2.14. The van der Waals surface area contributed by atoms with Crippen molar-refractivity contribution in [3.63, 3.8) is 0 Å². The summed E-state index contributed by atoms with van der Waals surface area (Å²) < 4.78 is 6.02. The van der Waals surface area contributed by atoms with Crippen molar-refractivity contribution in [3.8, 4) is 5.75 Å². The number of hydrogen-bond acceptors (Lipinski definition) is 3. The number of methoxy groups -OCH3 is 1.